The highest BCUT2D eigenvalue weighted by Crippen LogP contribution is 2.04. The van der Waals surface area contributed by atoms with E-state index in [0.717, 1.165) is 19.4 Å². The van der Waals surface area contributed by atoms with Gasteiger partial charge in [-0.1, -0.05) is 44.2 Å². The summed E-state index contributed by atoms with van der Waals surface area (Å²) >= 11 is 0. The average molecular weight is 292 g/mol. The molecule has 0 heterocycles. The van der Waals surface area contributed by atoms with Crippen molar-refractivity contribution in [3.8, 4) is 0 Å². The number of ether oxygens (including phenoxy) is 1. The standard InChI is InChI=1S/C17H28N2O2/c1-14(2)13-21-12-6-11-19-17(20)16(18)10-9-15-7-4-3-5-8-15/h3-5,7-8,14,16H,6,9-13,18H2,1-2H3,(H,19,20)/t16-/m0/s1. The Morgan fingerprint density at radius 1 is 1.29 bits per heavy atom. The lowest BCUT2D eigenvalue weighted by Crippen LogP contribution is -2.41. The van der Waals surface area contributed by atoms with E-state index in [1.54, 1.807) is 0 Å². The normalized spacial score (nSPS) is 12.4. The van der Waals surface area contributed by atoms with E-state index in [4.69, 9.17) is 10.5 Å². The van der Waals surface area contributed by atoms with Crippen molar-refractivity contribution in [1.29, 1.82) is 0 Å². The topological polar surface area (TPSA) is 64.3 Å². The third kappa shape index (κ3) is 8.48. The fourth-order valence-corrected chi connectivity index (χ4v) is 1.93. The van der Waals surface area contributed by atoms with E-state index in [1.165, 1.54) is 5.56 Å². The van der Waals surface area contributed by atoms with Gasteiger partial charge in [0.15, 0.2) is 0 Å². The Morgan fingerprint density at radius 3 is 2.67 bits per heavy atom. The van der Waals surface area contributed by atoms with Crippen LogP contribution in [0.5, 0.6) is 0 Å². The van der Waals surface area contributed by atoms with Gasteiger partial charge in [0.2, 0.25) is 5.91 Å². The highest BCUT2D eigenvalue weighted by Gasteiger charge is 2.12. The van der Waals surface area contributed by atoms with Crippen molar-refractivity contribution in [3.05, 3.63) is 35.9 Å². The quantitative estimate of drug-likeness (QED) is 0.649. The molecule has 0 saturated carbocycles. The molecule has 0 aliphatic rings. The molecule has 1 rings (SSSR count). The molecule has 1 atom stereocenters. The number of nitrogens with two attached hydrogens (primary N) is 1. The number of rotatable bonds is 10. The minimum Gasteiger partial charge on any atom is -0.381 e. The highest BCUT2D eigenvalue weighted by atomic mass is 16.5. The van der Waals surface area contributed by atoms with Gasteiger partial charge in [-0.15, -0.1) is 0 Å². The van der Waals surface area contributed by atoms with Gasteiger partial charge in [0.1, 0.15) is 0 Å². The Hall–Kier alpha value is -1.39. The van der Waals surface area contributed by atoms with Crippen LogP contribution in [0.4, 0.5) is 0 Å². The summed E-state index contributed by atoms with van der Waals surface area (Å²) in [6.07, 6.45) is 2.32. The molecular formula is C17H28N2O2. The van der Waals surface area contributed by atoms with Gasteiger partial charge in [0.05, 0.1) is 6.04 Å². The summed E-state index contributed by atoms with van der Waals surface area (Å²) in [7, 11) is 0. The predicted molar refractivity (Wildman–Crippen MR) is 86.0 cm³/mol. The first kappa shape index (κ1) is 17.7. The van der Waals surface area contributed by atoms with E-state index in [-0.39, 0.29) is 5.91 Å². The fourth-order valence-electron chi connectivity index (χ4n) is 1.93. The van der Waals surface area contributed by atoms with Crippen LogP contribution in [0.25, 0.3) is 0 Å². The van der Waals surface area contributed by atoms with Gasteiger partial charge in [-0.3, -0.25) is 4.79 Å². The maximum absolute atomic E-state index is 11.8. The summed E-state index contributed by atoms with van der Waals surface area (Å²) < 4.78 is 5.46. The van der Waals surface area contributed by atoms with Crippen LogP contribution in [0, 0.1) is 5.92 Å². The Kier molecular flexibility index (Phi) is 8.71. The number of hydrogen-bond donors (Lipinski definition) is 2. The maximum Gasteiger partial charge on any atom is 0.236 e. The second kappa shape index (κ2) is 10.4. The summed E-state index contributed by atoms with van der Waals surface area (Å²) in [6, 6.07) is 9.64. The van der Waals surface area contributed by atoms with Crippen molar-refractivity contribution < 1.29 is 9.53 Å². The molecule has 0 radical (unpaired) electrons. The highest BCUT2D eigenvalue weighted by molar-refractivity contribution is 5.81. The smallest absolute Gasteiger partial charge is 0.236 e. The Bertz CT molecular complexity index is 393. The first-order valence-electron chi connectivity index (χ1n) is 7.74. The molecule has 0 fully saturated rings. The zero-order valence-corrected chi connectivity index (χ0v) is 13.2. The number of nitrogens with one attached hydrogen (secondary N) is 1. The van der Waals surface area contributed by atoms with Crippen LogP contribution in [0.15, 0.2) is 30.3 Å². The number of benzene rings is 1. The lowest BCUT2D eigenvalue weighted by molar-refractivity contribution is -0.122. The van der Waals surface area contributed by atoms with Crippen LogP contribution >= 0.6 is 0 Å². The zero-order chi connectivity index (χ0) is 15.5. The molecule has 118 valence electrons. The fraction of sp³-hybridized carbons (Fsp3) is 0.588. The zero-order valence-electron chi connectivity index (χ0n) is 13.2. The Labute approximate surface area is 128 Å². The van der Waals surface area contributed by atoms with Crippen LogP contribution in [-0.2, 0) is 16.0 Å². The van der Waals surface area contributed by atoms with E-state index in [9.17, 15) is 4.79 Å². The molecule has 4 heteroatoms. The van der Waals surface area contributed by atoms with E-state index in [0.29, 0.717) is 25.5 Å². The van der Waals surface area contributed by atoms with Crippen LogP contribution < -0.4 is 11.1 Å². The minimum atomic E-state index is -0.443. The molecule has 0 spiro atoms. The van der Waals surface area contributed by atoms with Gasteiger partial charge >= 0.3 is 0 Å². The van der Waals surface area contributed by atoms with Crippen LogP contribution in [0.3, 0.4) is 0 Å². The number of hydrogen-bond acceptors (Lipinski definition) is 3. The average Bonchev–Trinajstić information content (AvgIpc) is 2.48. The molecule has 1 aromatic carbocycles. The van der Waals surface area contributed by atoms with Gasteiger partial charge < -0.3 is 15.8 Å². The van der Waals surface area contributed by atoms with Crippen molar-refractivity contribution in [2.75, 3.05) is 19.8 Å². The SMILES string of the molecule is CC(C)COCCCNC(=O)[C@@H](N)CCc1ccccc1. The summed E-state index contributed by atoms with van der Waals surface area (Å²) in [5, 5.41) is 2.86. The van der Waals surface area contributed by atoms with Crippen LogP contribution in [0.2, 0.25) is 0 Å². The van der Waals surface area contributed by atoms with Crippen LogP contribution in [0.1, 0.15) is 32.3 Å². The molecule has 0 bridgehead atoms. The second-order valence-corrected chi connectivity index (χ2v) is 5.74. The third-order valence-corrected chi connectivity index (χ3v) is 3.14. The molecular weight excluding hydrogens is 264 g/mol. The first-order chi connectivity index (χ1) is 10.1. The molecule has 0 aromatic heterocycles. The van der Waals surface area contributed by atoms with Crippen LogP contribution in [-0.4, -0.2) is 31.7 Å². The van der Waals surface area contributed by atoms with Crippen molar-refractivity contribution in [2.24, 2.45) is 11.7 Å². The largest absolute Gasteiger partial charge is 0.381 e. The van der Waals surface area contributed by atoms with E-state index in [1.807, 2.05) is 18.2 Å². The summed E-state index contributed by atoms with van der Waals surface area (Å²) in [5.41, 5.74) is 7.11. The van der Waals surface area contributed by atoms with Crippen molar-refractivity contribution in [1.82, 2.24) is 5.32 Å². The number of carbonyl (C=O) groups is 1. The maximum atomic E-state index is 11.8. The first-order valence-corrected chi connectivity index (χ1v) is 7.74. The molecule has 0 aliphatic carbocycles. The monoisotopic (exact) mass is 292 g/mol. The van der Waals surface area contributed by atoms with Crippen molar-refractivity contribution in [3.63, 3.8) is 0 Å². The van der Waals surface area contributed by atoms with Gasteiger partial charge in [-0.05, 0) is 30.7 Å². The number of amides is 1. The molecule has 0 saturated heterocycles. The van der Waals surface area contributed by atoms with E-state index in [2.05, 4.69) is 31.3 Å². The second-order valence-electron chi connectivity index (χ2n) is 5.74. The predicted octanol–water partition coefficient (Wildman–Crippen LogP) is 2.13. The Balaban J connectivity index is 2.08. The molecule has 0 unspecified atom stereocenters. The van der Waals surface area contributed by atoms with E-state index >= 15 is 0 Å². The van der Waals surface area contributed by atoms with Crippen molar-refractivity contribution in [2.45, 2.75) is 39.2 Å². The van der Waals surface area contributed by atoms with E-state index < -0.39 is 6.04 Å². The summed E-state index contributed by atoms with van der Waals surface area (Å²) in [5.74, 6) is 0.473. The summed E-state index contributed by atoms with van der Waals surface area (Å²) in [6.45, 7) is 6.30. The molecule has 1 aromatic rings. The van der Waals surface area contributed by atoms with Gasteiger partial charge in [0.25, 0.3) is 0 Å². The van der Waals surface area contributed by atoms with Gasteiger partial charge in [-0.25, -0.2) is 0 Å². The molecule has 4 nitrogen and oxygen atoms in total. The minimum absolute atomic E-state index is 0.0743. The van der Waals surface area contributed by atoms with Gasteiger partial charge in [0, 0.05) is 19.8 Å². The molecule has 1 amide bonds. The molecule has 21 heavy (non-hydrogen) atoms. The third-order valence-electron chi connectivity index (χ3n) is 3.14. The van der Waals surface area contributed by atoms with Crippen molar-refractivity contribution >= 4 is 5.91 Å². The molecule has 3 N–H and O–H groups in total. The molecule has 0 aliphatic heterocycles. The lowest BCUT2D eigenvalue weighted by Gasteiger charge is -2.12. The number of aryl methyl sites for hydroxylation is 1. The lowest BCUT2D eigenvalue weighted by atomic mass is 10.1. The number of carbonyl (C=O) groups excluding carboxylic acids is 1. The van der Waals surface area contributed by atoms with Gasteiger partial charge in [-0.2, -0.15) is 0 Å². The summed E-state index contributed by atoms with van der Waals surface area (Å²) in [4.78, 5) is 11.8. The Morgan fingerprint density at radius 2 is 2.00 bits per heavy atom.